The lowest BCUT2D eigenvalue weighted by Crippen LogP contribution is -2.26. The maximum absolute atomic E-state index is 12.2. The fourth-order valence-electron chi connectivity index (χ4n) is 2.97. The van der Waals surface area contributed by atoms with Crippen LogP contribution in [0.25, 0.3) is 10.8 Å². The number of benzene rings is 3. The lowest BCUT2D eigenvalue weighted by molar-refractivity contribution is -0.121. The Bertz CT molecular complexity index is 890. The van der Waals surface area contributed by atoms with Crippen LogP contribution in [0.3, 0.4) is 0 Å². The summed E-state index contributed by atoms with van der Waals surface area (Å²) in [6.07, 6.45) is 1.11. The first-order valence-electron chi connectivity index (χ1n) is 9.20. The summed E-state index contributed by atoms with van der Waals surface area (Å²) in [6, 6.07) is 21.9. The quantitative estimate of drug-likeness (QED) is 0.580. The Morgan fingerprint density at radius 3 is 2.41 bits per heavy atom. The molecule has 1 unspecified atom stereocenters. The first-order chi connectivity index (χ1) is 13.2. The number of hydrogen-bond acceptors (Lipinski definition) is 3. The Hall–Kier alpha value is -3.01. The Balaban J connectivity index is 1.43. The van der Waals surface area contributed by atoms with Crippen LogP contribution in [0.5, 0.6) is 11.5 Å². The van der Waals surface area contributed by atoms with Crippen molar-refractivity contribution in [3.63, 3.8) is 0 Å². The van der Waals surface area contributed by atoms with Gasteiger partial charge in [0, 0.05) is 6.42 Å². The summed E-state index contributed by atoms with van der Waals surface area (Å²) in [4.78, 5) is 12.2. The minimum atomic E-state index is -0.0235. The van der Waals surface area contributed by atoms with E-state index in [9.17, 15) is 4.79 Å². The third-order valence-corrected chi connectivity index (χ3v) is 4.53. The molecule has 4 nitrogen and oxygen atoms in total. The zero-order valence-corrected chi connectivity index (χ0v) is 15.8. The minimum absolute atomic E-state index is 0.0235. The second kappa shape index (κ2) is 9.08. The molecule has 0 aliphatic carbocycles. The molecule has 1 atom stereocenters. The number of ether oxygens (including phenoxy) is 2. The second-order valence-electron chi connectivity index (χ2n) is 6.52. The summed E-state index contributed by atoms with van der Waals surface area (Å²) in [7, 11) is 1.63. The highest BCUT2D eigenvalue weighted by atomic mass is 16.5. The zero-order chi connectivity index (χ0) is 19.1. The third kappa shape index (κ3) is 5.23. The third-order valence-electron chi connectivity index (χ3n) is 4.53. The van der Waals surface area contributed by atoms with E-state index in [2.05, 4.69) is 35.6 Å². The largest absolute Gasteiger partial charge is 0.497 e. The van der Waals surface area contributed by atoms with Crippen molar-refractivity contribution >= 4 is 16.7 Å². The highest BCUT2D eigenvalue weighted by Gasteiger charge is 2.10. The van der Waals surface area contributed by atoms with Gasteiger partial charge in [-0.3, -0.25) is 4.79 Å². The number of nitrogens with one attached hydrogen (secondary N) is 1. The Kier molecular flexibility index (Phi) is 6.31. The zero-order valence-electron chi connectivity index (χ0n) is 15.8. The van der Waals surface area contributed by atoms with Crippen molar-refractivity contribution < 1.29 is 14.3 Å². The molecule has 3 aromatic carbocycles. The first-order valence-corrected chi connectivity index (χ1v) is 9.20. The number of methoxy groups -OCH3 is 1. The van der Waals surface area contributed by atoms with Crippen LogP contribution >= 0.6 is 0 Å². The molecule has 0 bridgehead atoms. The van der Waals surface area contributed by atoms with Crippen LogP contribution < -0.4 is 14.8 Å². The van der Waals surface area contributed by atoms with Gasteiger partial charge < -0.3 is 14.8 Å². The second-order valence-corrected chi connectivity index (χ2v) is 6.52. The van der Waals surface area contributed by atoms with Crippen molar-refractivity contribution in [3.05, 3.63) is 72.3 Å². The normalized spacial score (nSPS) is 11.8. The number of hydrogen-bond donors (Lipinski definition) is 1. The lowest BCUT2D eigenvalue weighted by atomic mass is 10.0. The van der Waals surface area contributed by atoms with Gasteiger partial charge in [0.1, 0.15) is 11.5 Å². The maximum Gasteiger partial charge on any atom is 0.220 e. The van der Waals surface area contributed by atoms with Crippen molar-refractivity contribution in [2.75, 3.05) is 13.7 Å². The predicted octanol–water partition coefficient (Wildman–Crippen LogP) is 4.88. The summed E-state index contributed by atoms with van der Waals surface area (Å²) in [5.74, 6) is 1.61. The molecule has 0 heterocycles. The van der Waals surface area contributed by atoms with Gasteiger partial charge in [-0.25, -0.2) is 0 Å². The van der Waals surface area contributed by atoms with E-state index in [1.54, 1.807) is 7.11 Å². The van der Waals surface area contributed by atoms with Gasteiger partial charge in [0.15, 0.2) is 0 Å². The predicted molar refractivity (Wildman–Crippen MR) is 108 cm³/mol. The van der Waals surface area contributed by atoms with Gasteiger partial charge in [-0.15, -0.1) is 0 Å². The smallest absolute Gasteiger partial charge is 0.220 e. The molecule has 0 radical (unpaired) electrons. The monoisotopic (exact) mass is 363 g/mol. The van der Waals surface area contributed by atoms with Crippen LogP contribution in [0.2, 0.25) is 0 Å². The Morgan fingerprint density at radius 2 is 1.67 bits per heavy atom. The standard InChI is InChI=1S/C23H25NO3/c1-17(19-10-9-18-6-3-4-7-20(18)16-19)24-23(25)8-5-15-27-22-13-11-21(26-2)12-14-22/h3-4,6-7,9-14,16-17H,5,8,15H2,1-2H3,(H,24,25). The van der Waals surface area contributed by atoms with Gasteiger partial charge in [0.2, 0.25) is 5.91 Å². The molecule has 0 aromatic heterocycles. The van der Waals surface area contributed by atoms with E-state index in [1.807, 2.05) is 43.3 Å². The van der Waals surface area contributed by atoms with E-state index in [0.29, 0.717) is 19.4 Å². The molecule has 0 saturated carbocycles. The van der Waals surface area contributed by atoms with Crippen LogP contribution in [-0.2, 0) is 4.79 Å². The van der Waals surface area contributed by atoms with Crippen LogP contribution in [-0.4, -0.2) is 19.6 Å². The van der Waals surface area contributed by atoms with Crippen LogP contribution in [0.15, 0.2) is 66.7 Å². The summed E-state index contributed by atoms with van der Waals surface area (Å²) in [5.41, 5.74) is 1.11. The maximum atomic E-state index is 12.2. The summed E-state index contributed by atoms with van der Waals surface area (Å²) in [6.45, 7) is 2.51. The van der Waals surface area contributed by atoms with E-state index < -0.39 is 0 Å². The molecule has 0 aliphatic heterocycles. The van der Waals surface area contributed by atoms with Gasteiger partial charge >= 0.3 is 0 Å². The molecule has 1 amide bonds. The summed E-state index contributed by atoms with van der Waals surface area (Å²) >= 11 is 0. The molecule has 3 aromatic rings. The van der Waals surface area contributed by atoms with Crippen molar-refractivity contribution in [2.24, 2.45) is 0 Å². The molecule has 140 valence electrons. The molecule has 0 saturated heterocycles. The molecule has 4 heteroatoms. The summed E-state index contributed by atoms with van der Waals surface area (Å²) < 4.78 is 10.8. The Labute approximate surface area is 160 Å². The van der Waals surface area contributed by atoms with E-state index in [-0.39, 0.29) is 11.9 Å². The summed E-state index contributed by atoms with van der Waals surface area (Å²) in [5, 5.41) is 5.45. The molecule has 0 spiro atoms. The Morgan fingerprint density at radius 1 is 0.963 bits per heavy atom. The fourth-order valence-corrected chi connectivity index (χ4v) is 2.97. The SMILES string of the molecule is COc1ccc(OCCCC(=O)NC(C)c2ccc3ccccc3c2)cc1. The molecule has 3 rings (SSSR count). The van der Waals surface area contributed by atoms with E-state index in [4.69, 9.17) is 9.47 Å². The number of amides is 1. The molecular weight excluding hydrogens is 338 g/mol. The van der Waals surface area contributed by atoms with E-state index in [1.165, 1.54) is 10.8 Å². The topological polar surface area (TPSA) is 47.6 Å². The van der Waals surface area contributed by atoms with Crippen LogP contribution in [0.1, 0.15) is 31.4 Å². The van der Waals surface area contributed by atoms with E-state index in [0.717, 1.165) is 17.1 Å². The number of rotatable bonds is 8. The van der Waals surface area contributed by atoms with Gasteiger partial charge in [-0.1, -0.05) is 36.4 Å². The van der Waals surface area contributed by atoms with E-state index >= 15 is 0 Å². The minimum Gasteiger partial charge on any atom is -0.497 e. The van der Waals surface area contributed by atoms with Crippen molar-refractivity contribution in [1.82, 2.24) is 5.32 Å². The number of fused-ring (bicyclic) bond motifs is 1. The molecule has 1 N–H and O–H groups in total. The molecule has 0 aliphatic rings. The number of carbonyl (C=O) groups excluding carboxylic acids is 1. The highest BCUT2D eigenvalue weighted by molar-refractivity contribution is 5.83. The van der Waals surface area contributed by atoms with Gasteiger partial charge in [0.25, 0.3) is 0 Å². The lowest BCUT2D eigenvalue weighted by Gasteiger charge is -2.15. The van der Waals surface area contributed by atoms with Crippen LogP contribution in [0, 0.1) is 0 Å². The van der Waals surface area contributed by atoms with Crippen molar-refractivity contribution in [1.29, 1.82) is 0 Å². The van der Waals surface area contributed by atoms with Crippen molar-refractivity contribution in [2.45, 2.75) is 25.8 Å². The molecule has 27 heavy (non-hydrogen) atoms. The average Bonchev–Trinajstić information content (AvgIpc) is 2.71. The molecular formula is C23H25NO3. The first kappa shape index (κ1) is 18.8. The number of carbonyl (C=O) groups is 1. The van der Waals surface area contributed by atoms with Crippen LogP contribution in [0.4, 0.5) is 0 Å². The molecule has 0 fully saturated rings. The van der Waals surface area contributed by atoms with Gasteiger partial charge in [0.05, 0.1) is 19.8 Å². The highest BCUT2D eigenvalue weighted by Crippen LogP contribution is 2.20. The van der Waals surface area contributed by atoms with Gasteiger partial charge in [-0.2, -0.15) is 0 Å². The van der Waals surface area contributed by atoms with Crippen molar-refractivity contribution in [3.8, 4) is 11.5 Å². The average molecular weight is 363 g/mol. The fraction of sp³-hybridized carbons (Fsp3) is 0.261. The van der Waals surface area contributed by atoms with Gasteiger partial charge in [-0.05, 0) is 60.0 Å².